The van der Waals surface area contributed by atoms with Crippen LogP contribution in [0.4, 0.5) is 0 Å². The van der Waals surface area contributed by atoms with Crippen molar-refractivity contribution in [2.75, 3.05) is 13.2 Å². The fraction of sp³-hybridized carbons (Fsp3) is 0.600. The highest BCUT2D eigenvalue weighted by molar-refractivity contribution is 9.10. The molecule has 1 spiro atoms. The molecular weight excluding hydrogens is 308 g/mol. The van der Waals surface area contributed by atoms with Crippen LogP contribution in [0.15, 0.2) is 28.7 Å². The van der Waals surface area contributed by atoms with Gasteiger partial charge in [0.25, 0.3) is 0 Å². The van der Waals surface area contributed by atoms with Crippen LogP contribution < -0.4 is 0 Å². The highest BCUT2D eigenvalue weighted by Gasteiger charge is 2.45. The van der Waals surface area contributed by atoms with Crippen LogP contribution in [0.5, 0.6) is 0 Å². The van der Waals surface area contributed by atoms with Gasteiger partial charge in [0.05, 0.1) is 18.8 Å². The summed E-state index contributed by atoms with van der Waals surface area (Å²) >= 11 is 3.43. The van der Waals surface area contributed by atoms with Gasteiger partial charge in [0, 0.05) is 23.7 Å². The van der Waals surface area contributed by atoms with Crippen molar-refractivity contribution in [1.82, 2.24) is 0 Å². The molecule has 1 aromatic rings. The highest BCUT2D eigenvalue weighted by Crippen LogP contribution is 2.41. The van der Waals surface area contributed by atoms with Crippen LogP contribution >= 0.6 is 15.9 Å². The Kier molecular flexibility index (Phi) is 3.69. The minimum absolute atomic E-state index is 0.397. The SMILES string of the molecule is OC1(Cc2ccc(Br)cc2)CCC2(CC1)OCCO2. The van der Waals surface area contributed by atoms with Gasteiger partial charge in [-0.3, -0.25) is 0 Å². The number of ether oxygens (including phenoxy) is 2. The van der Waals surface area contributed by atoms with E-state index in [9.17, 15) is 5.11 Å². The second-order valence-electron chi connectivity index (χ2n) is 5.64. The maximum absolute atomic E-state index is 10.7. The van der Waals surface area contributed by atoms with E-state index in [1.165, 1.54) is 5.56 Å². The van der Waals surface area contributed by atoms with E-state index in [-0.39, 0.29) is 0 Å². The molecule has 4 heteroatoms. The van der Waals surface area contributed by atoms with Crippen molar-refractivity contribution < 1.29 is 14.6 Å². The standard InChI is InChI=1S/C15H19BrO3/c16-13-3-1-12(2-4-13)11-14(17)5-7-15(8-6-14)18-9-10-19-15/h1-4,17H,5-11H2. The van der Waals surface area contributed by atoms with Crippen LogP contribution in [0.2, 0.25) is 0 Å². The number of aliphatic hydroxyl groups is 1. The summed E-state index contributed by atoms with van der Waals surface area (Å²) in [5.74, 6) is -0.397. The van der Waals surface area contributed by atoms with E-state index in [2.05, 4.69) is 28.1 Å². The Labute approximate surface area is 122 Å². The van der Waals surface area contributed by atoms with Crippen molar-refractivity contribution in [2.45, 2.75) is 43.5 Å². The van der Waals surface area contributed by atoms with Gasteiger partial charge in [-0.05, 0) is 30.5 Å². The number of hydrogen-bond acceptors (Lipinski definition) is 3. The summed E-state index contributed by atoms with van der Waals surface area (Å²) in [6.45, 7) is 1.37. The lowest BCUT2D eigenvalue weighted by Gasteiger charge is -2.40. The Bertz CT molecular complexity index is 427. The second-order valence-corrected chi connectivity index (χ2v) is 6.55. The largest absolute Gasteiger partial charge is 0.390 e. The predicted octanol–water partition coefficient (Wildman–Crippen LogP) is 3.04. The van der Waals surface area contributed by atoms with E-state index in [1.54, 1.807) is 0 Å². The summed E-state index contributed by atoms with van der Waals surface area (Å²) in [6, 6.07) is 8.17. The molecule has 3 rings (SSSR count). The minimum atomic E-state index is -0.617. The van der Waals surface area contributed by atoms with Crippen molar-refractivity contribution in [2.24, 2.45) is 0 Å². The first-order valence-corrected chi connectivity index (χ1v) is 7.63. The van der Waals surface area contributed by atoms with Gasteiger partial charge in [0.1, 0.15) is 0 Å². The first-order chi connectivity index (χ1) is 9.09. The molecule has 104 valence electrons. The summed E-state index contributed by atoms with van der Waals surface area (Å²) in [5.41, 5.74) is 0.559. The quantitative estimate of drug-likeness (QED) is 0.907. The number of rotatable bonds is 2. The molecule has 1 aliphatic heterocycles. The van der Waals surface area contributed by atoms with Gasteiger partial charge in [0.2, 0.25) is 0 Å². The van der Waals surface area contributed by atoms with Crippen LogP contribution in [0.3, 0.4) is 0 Å². The van der Waals surface area contributed by atoms with Gasteiger partial charge in [-0.1, -0.05) is 28.1 Å². The topological polar surface area (TPSA) is 38.7 Å². The molecule has 1 saturated heterocycles. The lowest BCUT2D eigenvalue weighted by atomic mass is 9.78. The normalized spacial score (nSPS) is 24.7. The molecule has 1 saturated carbocycles. The van der Waals surface area contributed by atoms with E-state index >= 15 is 0 Å². The third-order valence-electron chi connectivity index (χ3n) is 4.20. The zero-order chi connectivity index (χ0) is 13.3. The molecule has 0 unspecified atom stereocenters. The molecule has 0 aromatic heterocycles. The van der Waals surface area contributed by atoms with Crippen LogP contribution in [-0.4, -0.2) is 29.7 Å². The van der Waals surface area contributed by atoms with Gasteiger partial charge < -0.3 is 14.6 Å². The van der Waals surface area contributed by atoms with E-state index < -0.39 is 11.4 Å². The molecule has 1 aromatic carbocycles. The Morgan fingerprint density at radius 2 is 1.58 bits per heavy atom. The third kappa shape index (κ3) is 3.02. The molecule has 2 aliphatic rings. The lowest BCUT2D eigenvalue weighted by molar-refractivity contribution is -0.202. The molecule has 2 fully saturated rings. The van der Waals surface area contributed by atoms with Crippen molar-refractivity contribution >= 4 is 15.9 Å². The predicted molar refractivity (Wildman–Crippen MR) is 75.9 cm³/mol. The van der Waals surface area contributed by atoms with E-state index in [0.717, 1.165) is 30.2 Å². The smallest absolute Gasteiger partial charge is 0.168 e. The molecule has 0 atom stereocenters. The number of hydrogen-bond donors (Lipinski definition) is 1. The maximum atomic E-state index is 10.7. The fourth-order valence-corrected chi connectivity index (χ4v) is 3.31. The van der Waals surface area contributed by atoms with E-state index in [0.29, 0.717) is 19.6 Å². The Morgan fingerprint density at radius 3 is 2.16 bits per heavy atom. The molecule has 0 bridgehead atoms. The summed E-state index contributed by atoms with van der Waals surface area (Å²) in [4.78, 5) is 0. The third-order valence-corrected chi connectivity index (χ3v) is 4.73. The number of benzene rings is 1. The average molecular weight is 327 g/mol. The molecule has 0 amide bonds. The van der Waals surface area contributed by atoms with Crippen molar-refractivity contribution in [3.8, 4) is 0 Å². The van der Waals surface area contributed by atoms with Crippen LogP contribution in [0.1, 0.15) is 31.2 Å². The summed E-state index contributed by atoms with van der Waals surface area (Å²) in [6.07, 6.45) is 3.77. The molecule has 1 heterocycles. The van der Waals surface area contributed by atoms with Gasteiger partial charge in [-0.15, -0.1) is 0 Å². The molecule has 3 nitrogen and oxygen atoms in total. The van der Waals surface area contributed by atoms with Crippen LogP contribution in [-0.2, 0) is 15.9 Å². The zero-order valence-electron chi connectivity index (χ0n) is 10.9. The Balaban J connectivity index is 1.63. The summed E-state index contributed by atoms with van der Waals surface area (Å²) in [5, 5.41) is 10.7. The van der Waals surface area contributed by atoms with Crippen molar-refractivity contribution in [1.29, 1.82) is 0 Å². The summed E-state index contributed by atoms with van der Waals surface area (Å²) in [7, 11) is 0. The first-order valence-electron chi connectivity index (χ1n) is 6.84. The summed E-state index contributed by atoms with van der Waals surface area (Å²) < 4.78 is 12.5. The minimum Gasteiger partial charge on any atom is -0.390 e. The van der Waals surface area contributed by atoms with Gasteiger partial charge in [0.15, 0.2) is 5.79 Å². The monoisotopic (exact) mass is 326 g/mol. The molecule has 0 radical (unpaired) electrons. The second kappa shape index (κ2) is 5.17. The Morgan fingerprint density at radius 1 is 1.00 bits per heavy atom. The fourth-order valence-electron chi connectivity index (χ4n) is 3.04. The Hall–Kier alpha value is -0.420. The lowest BCUT2D eigenvalue weighted by Crippen LogP contribution is -2.44. The van der Waals surface area contributed by atoms with E-state index in [1.807, 2.05) is 12.1 Å². The van der Waals surface area contributed by atoms with Crippen LogP contribution in [0, 0.1) is 0 Å². The number of halogens is 1. The van der Waals surface area contributed by atoms with E-state index in [4.69, 9.17) is 9.47 Å². The molecule has 19 heavy (non-hydrogen) atoms. The average Bonchev–Trinajstić information content (AvgIpc) is 2.86. The van der Waals surface area contributed by atoms with Crippen molar-refractivity contribution in [3.63, 3.8) is 0 Å². The van der Waals surface area contributed by atoms with Crippen molar-refractivity contribution in [3.05, 3.63) is 34.3 Å². The molecule has 1 N–H and O–H groups in total. The van der Waals surface area contributed by atoms with Crippen LogP contribution in [0.25, 0.3) is 0 Å². The molecule has 1 aliphatic carbocycles. The van der Waals surface area contributed by atoms with Gasteiger partial charge >= 0.3 is 0 Å². The highest BCUT2D eigenvalue weighted by atomic mass is 79.9. The molecular formula is C15H19BrO3. The van der Waals surface area contributed by atoms with Gasteiger partial charge in [-0.2, -0.15) is 0 Å². The van der Waals surface area contributed by atoms with Gasteiger partial charge in [-0.25, -0.2) is 0 Å². The zero-order valence-corrected chi connectivity index (χ0v) is 12.5. The maximum Gasteiger partial charge on any atom is 0.168 e. The first kappa shape index (κ1) is 13.6.